The van der Waals surface area contributed by atoms with Crippen LogP contribution < -0.4 is 0 Å². The van der Waals surface area contributed by atoms with Crippen molar-refractivity contribution in [1.29, 1.82) is 0 Å². The summed E-state index contributed by atoms with van der Waals surface area (Å²) in [6.45, 7) is 4.08. The predicted molar refractivity (Wildman–Crippen MR) is 118 cm³/mol. The molecule has 2 aromatic rings. The van der Waals surface area contributed by atoms with E-state index in [0.29, 0.717) is 17.0 Å². The van der Waals surface area contributed by atoms with Gasteiger partial charge in [0.2, 0.25) is 0 Å². The fraction of sp³-hybridized carbons (Fsp3) is 0.400. The first-order valence-corrected chi connectivity index (χ1v) is 10.5. The first-order valence-electron chi connectivity index (χ1n) is 10.1. The van der Waals surface area contributed by atoms with Gasteiger partial charge in [-0.25, -0.2) is 4.39 Å². The van der Waals surface area contributed by atoms with Crippen molar-refractivity contribution in [2.45, 2.75) is 58.3 Å². The third kappa shape index (κ3) is 5.16. The molecule has 3 heteroatoms. The lowest BCUT2D eigenvalue weighted by molar-refractivity contribution is 0.308. The summed E-state index contributed by atoms with van der Waals surface area (Å²) in [5, 5.41) is 2.22. The Bertz CT molecular complexity index is 898. The second-order valence-corrected chi connectivity index (χ2v) is 7.89. The average Bonchev–Trinajstić information content (AvgIpc) is 2.70. The number of hydrogen-bond acceptors (Lipinski definition) is 2. The van der Waals surface area contributed by atoms with Crippen molar-refractivity contribution in [1.82, 2.24) is 0 Å². The highest BCUT2D eigenvalue weighted by atomic mass is 32.1. The lowest BCUT2D eigenvalue weighted by Gasteiger charge is -2.28. The molecule has 28 heavy (non-hydrogen) atoms. The number of nitrogens with zero attached hydrogens (tertiary/aromatic N) is 1. The van der Waals surface area contributed by atoms with Gasteiger partial charge in [0.1, 0.15) is 5.69 Å². The van der Waals surface area contributed by atoms with E-state index in [1.807, 2.05) is 6.07 Å². The lowest BCUT2D eigenvalue weighted by Crippen LogP contribution is -2.13. The van der Waals surface area contributed by atoms with Crippen LogP contribution in [0, 0.1) is 30.5 Å². The first kappa shape index (κ1) is 20.5. The molecule has 0 unspecified atom stereocenters. The summed E-state index contributed by atoms with van der Waals surface area (Å²) in [4.78, 5) is 3.78. The van der Waals surface area contributed by atoms with E-state index in [1.165, 1.54) is 50.2 Å². The molecule has 144 valence electrons. The van der Waals surface area contributed by atoms with Crippen LogP contribution in [0.15, 0.2) is 41.4 Å². The van der Waals surface area contributed by atoms with Gasteiger partial charge in [-0.2, -0.15) is 4.99 Å². The van der Waals surface area contributed by atoms with E-state index in [2.05, 4.69) is 65.4 Å². The quantitative estimate of drug-likeness (QED) is 0.302. The number of rotatable bonds is 4. The fourth-order valence-corrected chi connectivity index (χ4v) is 4.26. The molecule has 0 aromatic heterocycles. The summed E-state index contributed by atoms with van der Waals surface area (Å²) in [6, 6.07) is 11.8. The molecular formula is C25H26FNS. The smallest absolute Gasteiger partial charge is 0.151 e. The number of aliphatic imine (C=N–C) groups is 1. The van der Waals surface area contributed by atoms with Crippen molar-refractivity contribution in [2.24, 2.45) is 10.9 Å². The minimum absolute atomic E-state index is 0.235. The summed E-state index contributed by atoms with van der Waals surface area (Å²) in [7, 11) is 0. The Morgan fingerprint density at radius 1 is 1.04 bits per heavy atom. The van der Waals surface area contributed by atoms with Gasteiger partial charge in [-0.15, -0.1) is 0 Å². The Hall–Kier alpha value is -2.27. The third-order valence-corrected chi connectivity index (χ3v) is 5.78. The van der Waals surface area contributed by atoms with Crippen molar-refractivity contribution >= 4 is 23.1 Å². The molecule has 1 aliphatic carbocycles. The number of isothiocyanates is 1. The summed E-state index contributed by atoms with van der Waals surface area (Å²) in [6.07, 6.45) is 7.98. The Balaban J connectivity index is 1.68. The summed E-state index contributed by atoms with van der Waals surface area (Å²) in [5.41, 5.74) is 3.94. The van der Waals surface area contributed by atoms with Crippen LogP contribution in [0.5, 0.6) is 0 Å². The van der Waals surface area contributed by atoms with Crippen molar-refractivity contribution in [2.75, 3.05) is 0 Å². The molecule has 0 radical (unpaired) electrons. The fourth-order valence-electron chi connectivity index (χ4n) is 4.17. The molecule has 0 spiro atoms. The summed E-state index contributed by atoms with van der Waals surface area (Å²) < 4.78 is 14.1. The Labute approximate surface area is 173 Å². The zero-order chi connectivity index (χ0) is 19.9. The maximum absolute atomic E-state index is 14.1. The third-order valence-electron chi connectivity index (χ3n) is 5.69. The predicted octanol–water partition coefficient (Wildman–Crippen LogP) is 7.34. The number of aryl methyl sites for hydroxylation is 1. The molecule has 0 aliphatic heterocycles. The van der Waals surface area contributed by atoms with Crippen LogP contribution in [0.2, 0.25) is 0 Å². The van der Waals surface area contributed by atoms with E-state index in [4.69, 9.17) is 0 Å². The van der Waals surface area contributed by atoms with Crippen molar-refractivity contribution < 1.29 is 4.39 Å². The molecule has 1 aliphatic rings. The second kappa shape index (κ2) is 9.78. The largest absolute Gasteiger partial charge is 0.205 e. The normalized spacial score (nSPS) is 18.7. The average molecular weight is 392 g/mol. The monoisotopic (exact) mass is 391 g/mol. The van der Waals surface area contributed by atoms with Gasteiger partial charge in [-0.3, -0.25) is 0 Å². The van der Waals surface area contributed by atoms with Crippen molar-refractivity contribution in [3.8, 4) is 11.8 Å². The van der Waals surface area contributed by atoms with Crippen molar-refractivity contribution in [3.05, 3.63) is 64.5 Å². The van der Waals surface area contributed by atoms with Gasteiger partial charge >= 0.3 is 0 Å². The minimum Gasteiger partial charge on any atom is -0.205 e. The van der Waals surface area contributed by atoms with Gasteiger partial charge in [-0.05, 0) is 92.1 Å². The van der Waals surface area contributed by atoms with E-state index in [1.54, 1.807) is 6.92 Å². The molecule has 3 rings (SSSR count). The van der Waals surface area contributed by atoms with E-state index in [-0.39, 0.29) is 5.69 Å². The maximum atomic E-state index is 14.1. The van der Waals surface area contributed by atoms with Crippen LogP contribution in [-0.2, 0) is 0 Å². The molecule has 0 N–H and O–H groups in total. The molecule has 0 bridgehead atoms. The van der Waals surface area contributed by atoms with Crippen LogP contribution in [0.4, 0.5) is 10.1 Å². The van der Waals surface area contributed by atoms with E-state index in [0.717, 1.165) is 11.5 Å². The molecule has 2 aromatic carbocycles. The second-order valence-electron chi connectivity index (χ2n) is 7.70. The lowest BCUT2D eigenvalue weighted by atomic mass is 9.77. The van der Waals surface area contributed by atoms with Gasteiger partial charge in [0.05, 0.1) is 5.16 Å². The summed E-state index contributed by atoms with van der Waals surface area (Å²) >= 11 is 4.56. The standard InChI is InChI=1S/C25H26FNS/c1-3-4-19-7-11-22(12-8-19)23-13-9-20(10-14-23)5-6-21-15-18(2)25(27-17-28)24(26)16-21/h9-10,13-16,19,22H,3-4,7-8,11-12H2,1-2H3. The Kier molecular flexibility index (Phi) is 7.15. The zero-order valence-electron chi connectivity index (χ0n) is 16.6. The van der Waals surface area contributed by atoms with Crippen LogP contribution >= 0.6 is 12.2 Å². The molecule has 0 saturated heterocycles. The molecule has 1 nitrogen and oxygen atoms in total. The summed E-state index contributed by atoms with van der Waals surface area (Å²) in [5.74, 6) is 7.38. The maximum Gasteiger partial charge on any atom is 0.151 e. The Morgan fingerprint density at radius 3 is 2.32 bits per heavy atom. The van der Waals surface area contributed by atoms with Crippen LogP contribution in [0.3, 0.4) is 0 Å². The van der Waals surface area contributed by atoms with Crippen LogP contribution in [-0.4, -0.2) is 5.16 Å². The molecule has 1 fully saturated rings. The molecular weight excluding hydrogens is 365 g/mol. The molecule has 0 amide bonds. The Morgan fingerprint density at radius 2 is 1.71 bits per heavy atom. The van der Waals surface area contributed by atoms with Crippen LogP contribution in [0.1, 0.15) is 73.6 Å². The van der Waals surface area contributed by atoms with Crippen LogP contribution in [0.25, 0.3) is 0 Å². The van der Waals surface area contributed by atoms with Gasteiger partial charge in [0.15, 0.2) is 5.82 Å². The topological polar surface area (TPSA) is 12.4 Å². The van der Waals surface area contributed by atoms with E-state index in [9.17, 15) is 4.39 Å². The minimum atomic E-state index is -0.421. The number of halogens is 1. The highest BCUT2D eigenvalue weighted by molar-refractivity contribution is 7.78. The van der Waals surface area contributed by atoms with E-state index >= 15 is 0 Å². The highest BCUT2D eigenvalue weighted by Gasteiger charge is 2.21. The molecule has 1 saturated carbocycles. The zero-order valence-corrected chi connectivity index (χ0v) is 17.4. The molecule has 0 heterocycles. The number of benzene rings is 2. The van der Waals surface area contributed by atoms with E-state index < -0.39 is 5.82 Å². The SMILES string of the molecule is CCCC1CCC(c2ccc(C#Cc3cc(C)c(N=C=S)c(F)c3)cc2)CC1. The number of hydrogen-bond donors (Lipinski definition) is 0. The van der Waals surface area contributed by atoms with Gasteiger partial charge in [-0.1, -0.05) is 43.7 Å². The van der Waals surface area contributed by atoms with Gasteiger partial charge < -0.3 is 0 Å². The highest BCUT2D eigenvalue weighted by Crippen LogP contribution is 2.37. The first-order chi connectivity index (χ1) is 13.6. The van der Waals surface area contributed by atoms with Gasteiger partial charge in [0, 0.05) is 11.1 Å². The van der Waals surface area contributed by atoms with Crippen molar-refractivity contribution in [3.63, 3.8) is 0 Å². The number of thiocarbonyl (C=S) groups is 1. The molecule has 0 atom stereocenters. The van der Waals surface area contributed by atoms with Gasteiger partial charge in [0.25, 0.3) is 0 Å².